The summed E-state index contributed by atoms with van der Waals surface area (Å²) in [5.41, 5.74) is 3.05. The van der Waals surface area contributed by atoms with E-state index in [1.165, 1.54) is 0 Å². The fourth-order valence-electron chi connectivity index (χ4n) is 2.91. The van der Waals surface area contributed by atoms with E-state index in [-0.39, 0.29) is 11.9 Å². The fourth-order valence-corrected chi connectivity index (χ4v) is 3.64. The topological polar surface area (TPSA) is 54.9 Å². The van der Waals surface area contributed by atoms with Gasteiger partial charge in [0.05, 0.1) is 22.8 Å². The Kier molecular flexibility index (Phi) is 4.46. The number of nitrogens with one attached hydrogen (secondary N) is 1. The maximum absolute atomic E-state index is 13.0. The van der Waals surface area contributed by atoms with E-state index < -0.39 is 0 Å². The molecular weight excluding hydrogens is 342 g/mol. The van der Waals surface area contributed by atoms with Gasteiger partial charge < -0.3 is 5.32 Å². The molecule has 4 nitrogen and oxygen atoms in total. The highest BCUT2D eigenvalue weighted by atomic mass is 32.1. The number of hydrogen-bond acceptors (Lipinski definition) is 4. The summed E-state index contributed by atoms with van der Waals surface area (Å²) in [5, 5.41) is 5.96. The number of carbonyl (C=O) groups is 1. The Bertz CT molecular complexity index is 1050. The van der Waals surface area contributed by atoms with E-state index in [9.17, 15) is 4.79 Å². The molecule has 3 heterocycles. The lowest BCUT2D eigenvalue weighted by Gasteiger charge is -2.14. The zero-order valence-electron chi connectivity index (χ0n) is 14.2. The molecule has 1 amide bonds. The summed E-state index contributed by atoms with van der Waals surface area (Å²) in [5.74, 6) is -0.102. The van der Waals surface area contributed by atoms with Crippen LogP contribution in [0.5, 0.6) is 0 Å². The molecule has 0 aliphatic rings. The fraction of sp³-hybridized carbons (Fsp3) is 0.0952. The van der Waals surface area contributed by atoms with Crippen molar-refractivity contribution in [3.8, 4) is 11.3 Å². The lowest BCUT2D eigenvalue weighted by atomic mass is 10.0. The van der Waals surface area contributed by atoms with Crippen LogP contribution in [0.3, 0.4) is 0 Å². The van der Waals surface area contributed by atoms with Crippen LogP contribution in [-0.4, -0.2) is 15.9 Å². The minimum Gasteiger partial charge on any atom is -0.345 e. The van der Waals surface area contributed by atoms with Gasteiger partial charge in [-0.1, -0.05) is 24.3 Å². The van der Waals surface area contributed by atoms with Crippen LogP contribution in [-0.2, 0) is 0 Å². The first-order chi connectivity index (χ1) is 12.7. The molecule has 0 radical (unpaired) electrons. The molecule has 0 spiro atoms. The van der Waals surface area contributed by atoms with Crippen LogP contribution in [0.25, 0.3) is 22.2 Å². The molecular formula is C21H17N3OS. The number of rotatable bonds is 4. The maximum Gasteiger partial charge on any atom is 0.252 e. The van der Waals surface area contributed by atoms with E-state index in [2.05, 4.69) is 10.3 Å². The lowest BCUT2D eigenvalue weighted by molar-refractivity contribution is 0.0942. The SMILES string of the molecule is CC(NC(=O)c1cc(-c2cccnc2)nc2ccccc12)c1cccs1. The standard InChI is InChI=1S/C21H17N3OS/c1-14(20-9-5-11-26-20)23-21(25)17-12-19(15-6-4-10-22-13-15)24-18-8-3-2-7-16(17)18/h2-14H,1H3,(H,23,25). The van der Waals surface area contributed by atoms with Gasteiger partial charge in [-0.05, 0) is 42.6 Å². The van der Waals surface area contributed by atoms with Gasteiger partial charge in [0.15, 0.2) is 0 Å². The number of thiophene rings is 1. The third kappa shape index (κ3) is 3.21. The first-order valence-electron chi connectivity index (χ1n) is 8.37. The van der Waals surface area contributed by atoms with Crippen molar-refractivity contribution in [1.29, 1.82) is 0 Å². The van der Waals surface area contributed by atoms with E-state index in [0.29, 0.717) is 5.56 Å². The molecule has 3 aromatic heterocycles. The van der Waals surface area contributed by atoms with Gasteiger partial charge in [0.25, 0.3) is 5.91 Å². The number of carbonyl (C=O) groups excluding carboxylic acids is 1. The molecule has 128 valence electrons. The van der Waals surface area contributed by atoms with Gasteiger partial charge in [0.1, 0.15) is 0 Å². The number of aromatic nitrogens is 2. The zero-order valence-corrected chi connectivity index (χ0v) is 15.0. The summed E-state index contributed by atoms with van der Waals surface area (Å²) in [7, 11) is 0. The van der Waals surface area contributed by atoms with E-state index in [4.69, 9.17) is 4.98 Å². The van der Waals surface area contributed by atoms with Gasteiger partial charge in [-0.15, -0.1) is 11.3 Å². The Balaban J connectivity index is 1.76. The summed E-state index contributed by atoms with van der Waals surface area (Å²) >= 11 is 1.64. The van der Waals surface area contributed by atoms with Crippen LogP contribution in [0.4, 0.5) is 0 Å². The quantitative estimate of drug-likeness (QED) is 0.567. The van der Waals surface area contributed by atoms with Crippen molar-refractivity contribution in [3.05, 3.63) is 82.8 Å². The molecule has 4 aromatic rings. The number of benzene rings is 1. The Morgan fingerprint density at radius 2 is 2.00 bits per heavy atom. The van der Waals surface area contributed by atoms with Crippen molar-refractivity contribution in [1.82, 2.24) is 15.3 Å². The van der Waals surface area contributed by atoms with Crippen molar-refractivity contribution < 1.29 is 4.79 Å². The van der Waals surface area contributed by atoms with E-state index in [1.807, 2.05) is 66.9 Å². The number of fused-ring (bicyclic) bond motifs is 1. The van der Waals surface area contributed by atoms with Gasteiger partial charge in [-0.25, -0.2) is 4.98 Å². The minimum atomic E-state index is -0.102. The van der Waals surface area contributed by atoms with Crippen molar-refractivity contribution >= 4 is 28.1 Å². The van der Waals surface area contributed by atoms with Crippen LogP contribution in [0, 0.1) is 0 Å². The second kappa shape index (κ2) is 7.06. The molecule has 1 N–H and O–H groups in total. The molecule has 4 rings (SSSR count). The van der Waals surface area contributed by atoms with E-state index in [1.54, 1.807) is 23.7 Å². The summed E-state index contributed by atoms with van der Waals surface area (Å²) < 4.78 is 0. The average Bonchev–Trinajstić information content (AvgIpc) is 3.23. The van der Waals surface area contributed by atoms with Crippen molar-refractivity contribution in [3.63, 3.8) is 0 Å². The molecule has 0 saturated carbocycles. The second-order valence-corrected chi connectivity index (χ2v) is 7.00. The number of pyridine rings is 2. The minimum absolute atomic E-state index is 0.0451. The maximum atomic E-state index is 13.0. The highest BCUT2D eigenvalue weighted by Crippen LogP contribution is 2.25. The van der Waals surface area contributed by atoms with Gasteiger partial charge in [-0.3, -0.25) is 9.78 Å². The third-order valence-electron chi connectivity index (χ3n) is 4.24. The number of hydrogen-bond donors (Lipinski definition) is 1. The Morgan fingerprint density at radius 3 is 2.77 bits per heavy atom. The third-order valence-corrected chi connectivity index (χ3v) is 5.29. The number of amides is 1. The first-order valence-corrected chi connectivity index (χ1v) is 9.25. The second-order valence-electron chi connectivity index (χ2n) is 6.02. The monoisotopic (exact) mass is 359 g/mol. The highest BCUT2D eigenvalue weighted by molar-refractivity contribution is 7.10. The van der Waals surface area contributed by atoms with Crippen LogP contribution in [0.1, 0.15) is 28.2 Å². The molecule has 0 bridgehead atoms. The molecule has 0 aliphatic carbocycles. The van der Waals surface area contributed by atoms with Crippen LogP contribution >= 0.6 is 11.3 Å². The summed E-state index contributed by atoms with van der Waals surface area (Å²) in [6, 6.07) is 17.3. The average molecular weight is 359 g/mol. The zero-order chi connectivity index (χ0) is 17.9. The van der Waals surface area contributed by atoms with E-state index in [0.717, 1.165) is 27.0 Å². The molecule has 1 atom stereocenters. The molecule has 0 saturated heterocycles. The highest BCUT2D eigenvalue weighted by Gasteiger charge is 2.17. The van der Waals surface area contributed by atoms with Crippen molar-refractivity contribution in [2.45, 2.75) is 13.0 Å². The molecule has 1 aromatic carbocycles. The summed E-state index contributed by atoms with van der Waals surface area (Å²) in [6.07, 6.45) is 3.48. The van der Waals surface area contributed by atoms with Crippen molar-refractivity contribution in [2.75, 3.05) is 0 Å². The molecule has 0 fully saturated rings. The summed E-state index contributed by atoms with van der Waals surface area (Å²) in [6.45, 7) is 2.00. The first kappa shape index (κ1) is 16.4. The number of nitrogens with zero attached hydrogens (tertiary/aromatic N) is 2. The number of para-hydroxylation sites is 1. The largest absolute Gasteiger partial charge is 0.345 e. The van der Waals surface area contributed by atoms with Gasteiger partial charge in [-0.2, -0.15) is 0 Å². The van der Waals surface area contributed by atoms with Gasteiger partial charge in [0.2, 0.25) is 0 Å². The Labute approximate surface area is 155 Å². The summed E-state index contributed by atoms with van der Waals surface area (Å²) in [4.78, 5) is 23.0. The normalized spacial score (nSPS) is 12.0. The smallest absolute Gasteiger partial charge is 0.252 e. The molecule has 1 unspecified atom stereocenters. The predicted octanol–water partition coefficient (Wildman–Crippen LogP) is 4.85. The van der Waals surface area contributed by atoms with Crippen LogP contribution in [0.15, 0.2) is 72.4 Å². The molecule has 0 aliphatic heterocycles. The molecule has 5 heteroatoms. The van der Waals surface area contributed by atoms with Crippen LogP contribution in [0.2, 0.25) is 0 Å². The van der Waals surface area contributed by atoms with Gasteiger partial charge >= 0.3 is 0 Å². The van der Waals surface area contributed by atoms with Crippen molar-refractivity contribution in [2.24, 2.45) is 0 Å². The van der Waals surface area contributed by atoms with E-state index >= 15 is 0 Å². The predicted molar refractivity (Wildman–Crippen MR) is 105 cm³/mol. The molecule has 26 heavy (non-hydrogen) atoms. The lowest BCUT2D eigenvalue weighted by Crippen LogP contribution is -2.26. The Hall–Kier alpha value is -3.05. The Morgan fingerprint density at radius 1 is 1.12 bits per heavy atom. The van der Waals surface area contributed by atoms with Gasteiger partial charge in [0, 0.05) is 28.2 Å². The van der Waals surface area contributed by atoms with Crippen LogP contribution < -0.4 is 5.32 Å².